The van der Waals surface area contributed by atoms with Crippen molar-refractivity contribution >= 4 is 25.0 Å². The largest absolute Gasteiger partial charge is 0.475 e. The zero-order valence-corrected chi connectivity index (χ0v) is 22.5. The molecule has 2 atom stereocenters. The number of hydrogen-bond donors (Lipinski definition) is 5. The van der Waals surface area contributed by atoms with Crippen molar-refractivity contribution in [2.75, 3.05) is 6.54 Å². The molecule has 9 nitrogen and oxygen atoms in total. The van der Waals surface area contributed by atoms with Gasteiger partial charge >= 0.3 is 13.2 Å². The Labute approximate surface area is 225 Å². The van der Waals surface area contributed by atoms with Gasteiger partial charge in [0.25, 0.3) is 5.91 Å². The fraction of sp³-hybridized carbons (Fsp3) is 0.464. The van der Waals surface area contributed by atoms with Gasteiger partial charge in [0.15, 0.2) is 0 Å². The van der Waals surface area contributed by atoms with Crippen LogP contribution >= 0.6 is 0 Å². The average molecular weight is 525 g/mol. The standard InChI is InChI=1S/C28H40BN3O6/c1-4-5-9-21-12-14-23(15-13-21)26(33)31-24(27(34)32-25(29(36)37)18-20(2)3)16-17-30-28(35)38-19-22-10-7-6-8-11-22/h6-8,10-15,20,24-25,36-37H,4-5,9,16-19H2,1-3H3,(H,30,35)(H,31,33)(H,32,34)/t24-,25-/m0/s1. The lowest BCUT2D eigenvalue weighted by Crippen LogP contribution is -2.55. The highest BCUT2D eigenvalue weighted by atomic mass is 16.5. The number of rotatable bonds is 15. The quantitative estimate of drug-likeness (QED) is 0.227. The van der Waals surface area contributed by atoms with Crippen molar-refractivity contribution in [2.24, 2.45) is 5.92 Å². The van der Waals surface area contributed by atoms with Crippen LogP contribution in [0.1, 0.15) is 67.9 Å². The van der Waals surface area contributed by atoms with Gasteiger partial charge in [-0.2, -0.15) is 0 Å². The number of benzene rings is 2. The maximum atomic E-state index is 13.1. The van der Waals surface area contributed by atoms with Crippen LogP contribution in [-0.4, -0.2) is 53.6 Å². The molecule has 0 fully saturated rings. The first-order valence-electron chi connectivity index (χ1n) is 13.2. The van der Waals surface area contributed by atoms with Gasteiger partial charge in [-0.1, -0.05) is 69.7 Å². The van der Waals surface area contributed by atoms with E-state index in [-0.39, 0.29) is 25.5 Å². The molecule has 0 unspecified atom stereocenters. The van der Waals surface area contributed by atoms with Crippen LogP contribution in [0.3, 0.4) is 0 Å². The van der Waals surface area contributed by atoms with Gasteiger partial charge in [0, 0.05) is 12.1 Å². The van der Waals surface area contributed by atoms with Crippen molar-refractivity contribution in [1.29, 1.82) is 0 Å². The number of alkyl carbamates (subject to hydrolysis) is 1. The molecule has 0 aliphatic rings. The first-order chi connectivity index (χ1) is 18.2. The molecular weight excluding hydrogens is 485 g/mol. The molecule has 206 valence electrons. The third kappa shape index (κ3) is 11.4. The summed E-state index contributed by atoms with van der Waals surface area (Å²) < 4.78 is 5.20. The Morgan fingerprint density at radius 1 is 0.947 bits per heavy atom. The minimum atomic E-state index is -1.75. The molecule has 0 saturated carbocycles. The monoisotopic (exact) mass is 525 g/mol. The van der Waals surface area contributed by atoms with Gasteiger partial charge in [-0.3, -0.25) is 9.59 Å². The number of amides is 3. The lowest BCUT2D eigenvalue weighted by atomic mass is 9.75. The van der Waals surface area contributed by atoms with Crippen molar-refractivity contribution in [1.82, 2.24) is 16.0 Å². The predicted octanol–water partition coefficient (Wildman–Crippen LogP) is 2.99. The van der Waals surface area contributed by atoms with E-state index in [1.54, 1.807) is 12.1 Å². The fourth-order valence-corrected chi connectivity index (χ4v) is 3.85. The lowest BCUT2D eigenvalue weighted by Gasteiger charge is -2.24. The average Bonchev–Trinajstić information content (AvgIpc) is 2.90. The number of unbranched alkanes of at least 4 members (excludes halogenated alkanes) is 1. The van der Waals surface area contributed by atoms with Gasteiger partial charge in [0.05, 0.1) is 5.94 Å². The van der Waals surface area contributed by atoms with Crippen LogP contribution in [0.15, 0.2) is 54.6 Å². The highest BCUT2D eigenvalue weighted by Gasteiger charge is 2.30. The normalized spacial score (nSPS) is 12.4. The summed E-state index contributed by atoms with van der Waals surface area (Å²) in [6, 6.07) is 15.4. The Morgan fingerprint density at radius 3 is 2.24 bits per heavy atom. The molecule has 2 aromatic carbocycles. The summed E-state index contributed by atoms with van der Waals surface area (Å²) in [5, 5.41) is 27.4. The number of ether oxygens (including phenoxy) is 1. The fourth-order valence-electron chi connectivity index (χ4n) is 3.85. The van der Waals surface area contributed by atoms with Crippen molar-refractivity contribution < 1.29 is 29.2 Å². The summed E-state index contributed by atoms with van der Waals surface area (Å²) >= 11 is 0. The lowest BCUT2D eigenvalue weighted by molar-refractivity contribution is -0.123. The van der Waals surface area contributed by atoms with Crippen molar-refractivity contribution in [3.63, 3.8) is 0 Å². The molecule has 0 heterocycles. The molecule has 0 aromatic heterocycles. The molecule has 0 spiro atoms. The summed E-state index contributed by atoms with van der Waals surface area (Å²) in [4.78, 5) is 38.1. The molecule has 2 aromatic rings. The Balaban J connectivity index is 2.01. The van der Waals surface area contributed by atoms with E-state index in [0.29, 0.717) is 12.0 Å². The zero-order chi connectivity index (χ0) is 27.9. The van der Waals surface area contributed by atoms with E-state index < -0.39 is 37.0 Å². The second kappa shape index (κ2) is 16.5. The summed E-state index contributed by atoms with van der Waals surface area (Å²) in [6.45, 7) is 6.07. The number of aryl methyl sites for hydroxylation is 1. The van der Waals surface area contributed by atoms with Gasteiger partial charge in [-0.05, 0) is 54.9 Å². The van der Waals surface area contributed by atoms with E-state index in [1.165, 1.54) is 0 Å². The number of carbonyl (C=O) groups is 3. The summed E-state index contributed by atoms with van der Waals surface area (Å²) in [5.74, 6) is -1.81. The first-order valence-corrected chi connectivity index (χ1v) is 13.2. The van der Waals surface area contributed by atoms with Crippen LogP contribution in [0.25, 0.3) is 0 Å². The smallest absolute Gasteiger partial charge is 0.445 e. The zero-order valence-electron chi connectivity index (χ0n) is 22.5. The number of nitrogens with one attached hydrogen (secondary N) is 3. The number of hydrogen-bond acceptors (Lipinski definition) is 6. The molecule has 10 heteroatoms. The molecule has 0 aliphatic heterocycles. The van der Waals surface area contributed by atoms with Crippen molar-refractivity contribution in [3.05, 3.63) is 71.3 Å². The van der Waals surface area contributed by atoms with Gasteiger partial charge < -0.3 is 30.7 Å². The molecule has 0 aliphatic carbocycles. The molecule has 5 N–H and O–H groups in total. The van der Waals surface area contributed by atoms with E-state index in [2.05, 4.69) is 22.9 Å². The second-order valence-corrected chi connectivity index (χ2v) is 9.76. The SMILES string of the molecule is CCCCc1ccc(C(=O)N[C@@H](CCNC(=O)OCc2ccccc2)C(=O)N[C@@H](CC(C)C)B(O)O)cc1. The third-order valence-electron chi connectivity index (χ3n) is 5.98. The Hall–Kier alpha value is -3.37. The summed E-state index contributed by atoms with van der Waals surface area (Å²) in [6.07, 6.45) is 2.83. The minimum Gasteiger partial charge on any atom is -0.445 e. The van der Waals surface area contributed by atoms with E-state index in [4.69, 9.17) is 4.74 Å². The maximum Gasteiger partial charge on any atom is 0.475 e. The molecule has 38 heavy (non-hydrogen) atoms. The van der Waals surface area contributed by atoms with E-state index in [1.807, 2.05) is 56.3 Å². The van der Waals surface area contributed by atoms with Crippen molar-refractivity contribution in [3.8, 4) is 0 Å². The van der Waals surface area contributed by atoms with Gasteiger partial charge in [0.1, 0.15) is 12.6 Å². The molecule has 0 radical (unpaired) electrons. The molecule has 3 amide bonds. The van der Waals surface area contributed by atoms with Gasteiger partial charge in [-0.25, -0.2) is 4.79 Å². The van der Waals surface area contributed by atoms with Crippen LogP contribution < -0.4 is 16.0 Å². The highest BCUT2D eigenvalue weighted by molar-refractivity contribution is 6.43. The van der Waals surface area contributed by atoms with E-state index in [0.717, 1.165) is 30.4 Å². The van der Waals surface area contributed by atoms with Gasteiger partial charge in [-0.15, -0.1) is 0 Å². The van der Waals surface area contributed by atoms with Crippen LogP contribution in [-0.2, 0) is 22.6 Å². The number of carbonyl (C=O) groups excluding carboxylic acids is 3. The topological polar surface area (TPSA) is 137 Å². The Kier molecular flexibility index (Phi) is 13.4. The molecule has 0 bridgehead atoms. The van der Waals surface area contributed by atoms with Crippen LogP contribution in [0.2, 0.25) is 0 Å². The summed E-state index contributed by atoms with van der Waals surface area (Å²) in [7, 11) is -1.75. The summed E-state index contributed by atoms with van der Waals surface area (Å²) in [5.41, 5.74) is 2.37. The maximum absolute atomic E-state index is 13.1. The van der Waals surface area contributed by atoms with E-state index in [9.17, 15) is 24.4 Å². The predicted molar refractivity (Wildman–Crippen MR) is 147 cm³/mol. The van der Waals surface area contributed by atoms with Crippen molar-refractivity contribution in [2.45, 2.75) is 71.5 Å². The second-order valence-electron chi connectivity index (χ2n) is 9.76. The first kappa shape index (κ1) is 30.9. The van der Waals surface area contributed by atoms with Gasteiger partial charge in [0.2, 0.25) is 5.91 Å². The Bertz CT molecular complexity index is 1000. The van der Waals surface area contributed by atoms with Crippen LogP contribution in [0, 0.1) is 5.92 Å². The molecular formula is C28H40BN3O6. The molecule has 0 saturated heterocycles. The highest BCUT2D eigenvalue weighted by Crippen LogP contribution is 2.10. The van der Waals surface area contributed by atoms with Crippen LogP contribution in [0.4, 0.5) is 4.79 Å². The van der Waals surface area contributed by atoms with E-state index >= 15 is 0 Å². The Morgan fingerprint density at radius 2 is 1.63 bits per heavy atom. The third-order valence-corrected chi connectivity index (χ3v) is 5.98. The molecule has 2 rings (SSSR count). The minimum absolute atomic E-state index is 0.0540. The van der Waals surface area contributed by atoms with Crippen LogP contribution in [0.5, 0.6) is 0 Å².